The van der Waals surface area contributed by atoms with Gasteiger partial charge < -0.3 is 5.32 Å². The first-order valence-corrected chi connectivity index (χ1v) is 5.98. The summed E-state index contributed by atoms with van der Waals surface area (Å²) in [4.78, 5) is 0. The zero-order chi connectivity index (χ0) is 13.3. The van der Waals surface area contributed by atoms with Crippen LogP contribution in [0.4, 0.5) is 24.7 Å². The summed E-state index contributed by atoms with van der Waals surface area (Å²) in [7, 11) is 0. The molecule has 1 aromatic carbocycles. The number of nitrogens with one attached hydrogen (secondary N) is 1. The molecular weight excluding hydrogens is 310 g/mol. The quantitative estimate of drug-likeness (QED) is 0.880. The van der Waals surface area contributed by atoms with Crippen LogP contribution in [-0.4, -0.2) is 8.75 Å². The van der Waals surface area contributed by atoms with E-state index in [-0.39, 0.29) is 21.7 Å². The summed E-state index contributed by atoms with van der Waals surface area (Å²) in [6.45, 7) is 0. The average Bonchev–Trinajstić information content (AvgIpc) is 2.62. The molecule has 0 aliphatic rings. The molecule has 0 spiro atoms. The maximum atomic E-state index is 12.6. The molecule has 1 heterocycles. The standard InChI is InChI=1S/C9H4Cl2F3N3S/c10-5-1-4(9(12,13)14)2-6(3-5)15-8-7(11)16-18-17-8/h1-3H,(H,15,17). The van der Waals surface area contributed by atoms with Gasteiger partial charge in [-0.05, 0) is 18.2 Å². The smallest absolute Gasteiger partial charge is 0.337 e. The number of benzene rings is 1. The van der Waals surface area contributed by atoms with E-state index in [2.05, 4.69) is 14.1 Å². The molecule has 0 saturated heterocycles. The van der Waals surface area contributed by atoms with Crippen LogP contribution in [-0.2, 0) is 6.18 Å². The van der Waals surface area contributed by atoms with Gasteiger partial charge in [0, 0.05) is 10.7 Å². The van der Waals surface area contributed by atoms with E-state index in [9.17, 15) is 13.2 Å². The number of hydrogen-bond acceptors (Lipinski definition) is 4. The van der Waals surface area contributed by atoms with Crippen LogP contribution >= 0.6 is 34.9 Å². The van der Waals surface area contributed by atoms with Crippen molar-refractivity contribution in [3.63, 3.8) is 0 Å². The van der Waals surface area contributed by atoms with Gasteiger partial charge in [0.2, 0.25) is 0 Å². The minimum Gasteiger partial charge on any atom is -0.337 e. The maximum Gasteiger partial charge on any atom is 0.416 e. The van der Waals surface area contributed by atoms with Crippen LogP contribution in [0.25, 0.3) is 0 Å². The van der Waals surface area contributed by atoms with Crippen LogP contribution in [0.3, 0.4) is 0 Å². The van der Waals surface area contributed by atoms with E-state index >= 15 is 0 Å². The molecule has 0 amide bonds. The molecule has 0 fully saturated rings. The van der Waals surface area contributed by atoms with Gasteiger partial charge in [0.25, 0.3) is 0 Å². The molecule has 0 bridgehead atoms. The molecule has 0 saturated carbocycles. The first kappa shape index (κ1) is 13.4. The Hall–Kier alpha value is -1.05. The predicted molar refractivity (Wildman–Crippen MR) is 64.7 cm³/mol. The maximum absolute atomic E-state index is 12.6. The topological polar surface area (TPSA) is 37.8 Å². The number of aromatic nitrogens is 2. The highest BCUT2D eigenvalue weighted by atomic mass is 35.5. The van der Waals surface area contributed by atoms with Gasteiger partial charge in [-0.15, -0.1) is 0 Å². The largest absolute Gasteiger partial charge is 0.416 e. The van der Waals surface area contributed by atoms with Crippen LogP contribution in [0.5, 0.6) is 0 Å². The number of alkyl halides is 3. The van der Waals surface area contributed by atoms with Gasteiger partial charge in [-0.3, -0.25) is 0 Å². The minimum atomic E-state index is -4.47. The summed E-state index contributed by atoms with van der Waals surface area (Å²) in [6.07, 6.45) is -4.47. The van der Waals surface area contributed by atoms with Crippen LogP contribution < -0.4 is 5.32 Å². The number of rotatable bonds is 2. The van der Waals surface area contributed by atoms with Gasteiger partial charge in [0.05, 0.1) is 17.3 Å². The average molecular weight is 314 g/mol. The van der Waals surface area contributed by atoms with E-state index in [1.165, 1.54) is 6.07 Å². The first-order valence-electron chi connectivity index (χ1n) is 4.49. The van der Waals surface area contributed by atoms with Gasteiger partial charge in [-0.25, -0.2) is 0 Å². The summed E-state index contributed by atoms with van der Waals surface area (Å²) in [5, 5.41) is 2.68. The summed E-state index contributed by atoms with van der Waals surface area (Å²) in [6, 6.07) is 3.10. The van der Waals surface area contributed by atoms with Crippen molar-refractivity contribution in [2.75, 3.05) is 5.32 Å². The highest BCUT2D eigenvalue weighted by Crippen LogP contribution is 2.34. The van der Waals surface area contributed by atoms with Crippen LogP contribution in [0.15, 0.2) is 18.2 Å². The lowest BCUT2D eigenvalue weighted by atomic mass is 10.2. The summed E-state index contributed by atoms with van der Waals surface area (Å²) < 4.78 is 45.2. The van der Waals surface area contributed by atoms with Gasteiger partial charge in [-0.2, -0.15) is 21.9 Å². The molecular formula is C9H4Cl2F3N3S. The summed E-state index contributed by atoms with van der Waals surface area (Å²) in [5.41, 5.74) is -0.707. The molecule has 0 aliphatic carbocycles. The zero-order valence-corrected chi connectivity index (χ0v) is 10.8. The molecule has 1 aromatic heterocycles. The number of nitrogens with zero attached hydrogens (tertiary/aromatic N) is 2. The normalized spacial score (nSPS) is 11.6. The fraction of sp³-hybridized carbons (Fsp3) is 0.111. The molecule has 2 rings (SSSR count). The van der Waals surface area contributed by atoms with Crippen molar-refractivity contribution >= 4 is 46.4 Å². The third-order valence-electron chi connectivity index (χ3n) is 1.94. The third-order valence-corrected chi connectivity index (χ3v) is 3.05. The monoisotopic (exact) mass is 313 g/mol. The van der Waals surface area contributed by atoms with E-state index in [0.29, 0.717) is 0 Å². The van der Waals surface area contributed by atoms with Crippen molar-refractivity contribution in [1.82, 2.24) is 8.75 Å². The third kappa shape index (κ3) is 3.04. The van der Waals surface area contributed by atoms with Crippen molar-refractivity contribution in [2.45, 2.75) is 6.18 Å². The second-order valence-electron chi connectivity index (χ2n) is 3.25. The van der Waals surface area contributed by atoms with Crippen molar-refractivity contribution < 1.29 is 13.2 Å². The van der Waals surface area contributed by atoms with E-state index in [4.69, 9.17) is 23.2 Å². The molecule has 0 atom stereocenters. The molecule has 96 valence electrons. The van der Waals surface area contributed by atoms with Crippen LogP contribution in [0, 0.1) is 0 Å². The zero-order valence-electron chi connectivity index (χ0n) is 8.42. The van der Waals surface area contributed by atoms with E-state index in [1.807, 2.05) is 0 Å². The molecule has 3 nitrogen and oxygen atoms in total. The van der Waals surface area contributed by atoms with Crippen molar-refractivity contribution in [2.24, 2.45) is 0 Å². The Kier molecular flexibility index (Phi) is 3.65. The minimum absolute atomic E-state index is 0.0355. The van der Waals surface area contributed by atoms with Crippen molar-refractivity contribution in [3.05, 3.63) is 33.9 Å². The van der Waals surface area contributed by atoms with E-state index in [0.717, 1.165) is 23.9 Å². The first-order chi connectivity index (χ1) is 8.36. The fourth-order valence-electron chi connectivity index (χ4n) is 1.21. The number of anilines is 2. The molecule has 1 N–H and O–H groups in total. The molecule has 18 heavy (non-hydrogen) atoms. The van der Waals surface area contributed by atoms with Crippen LogP contribution in [0.1, 0.15) is 5.56 Å². The highest BCUT2D eigenvalue weighted by molar-refractivity contribution is 6.99. The fourth-order valence-corrected chi connectivity index (χ4v) is 2.09. The number of halogens is 5. The van der Waals surface area contributed by atoms with Crippen molar-refractivity contribution in [3.8, 4) is 0 Å². The molecule has 0 unspecified atom stereocenters. The second kappa shape index (κ2) is 4.91. The van der Waals surface area contributed by atoms with E-state index < -0.39 is 11.7 Å². The second-order valence-corrected chi connectivity index (χ2v) is 4.58. The predicted octanol–water partition coefficient (Wildman–Crippen LogP) is 4.61. The summed E-state index contributed by atoms with van der Waals surface area (Å²) >= 11 is 12.2. The Labute approximate surface area is 114 Å². The lowest BCUT2D eigenvalue weighted by molar-refractivity contribution is -0.137. The van der Waals surface area contributed by atoms with E-state index in [1.54, 1.807) is 0 Å². The summed E-state index contributed by atoms with van der Waals surface area (Å²) in [5.74, 6) is 0.192. The number of hydrogen-bond donors (Lipinski definition) is 1. The lowest BCUT2D eigenvalue weighted by Crippen LogP contribution is -2.05. The van der Waals surface area contributed by atoms with Gasteiger partial charge >= 0.3 is 6.18 Å². The lowest BCUT2D eigenvalue weighted by Gasteiger charge is -2.10. The SMILES string of the molecule is FC(F)(F)c1cc(Cl)cc(Nc2nsnc2Cl)c1. The molecule has 0 radical (unpaired) electrons. The molecule has 0 aliphatic heterocycles. The Bertz CT molecular complexity index is 570. The Balaban J connectivity index is 2.35. The van der Waals surface area contributed by atoms with Gasteiger partial charge in [0.1, 0.15) is 0 Å². The van der Waals surface area contributed by atoms with Crippen LogP contribution in [0.2, 0.25) is 10.2 Å². The van der Waals surface area contributed by atoms with Gasteiger partial charge in [0.15, 0.2) is 11.0 Å². The Morgan fingerprint density at radius 3 is 2.39 bits per heavy atom. The Morgan fingerprint density at radius 1 is 1.11 bits per heavy atom. The highest BCUT2D eigenvalue weighted by Gasteiger charge is 2.31. The van der Waals surface area contributed by atoms with Gasteiger partial charge in [-0.1, -0.05) is 23.2 Å². The molecule has 9 heteroatoms. The molecule has 2 aromatic rings. The Morgan fingerprint density at radius 2 is 1.83 bits per heavy atom. The van der Waals surface area contributed by atoms with Crippen molar-refractivity contribution in [1.29, 1.82) is 0 Å².